The second kappa shape index (κ2) is 6.05. The molecule has 1 aromatic carbocycles. The van der Waals surface area contributed by atoms with Gasteiger partial charge in [0.05, 0.1) is 13.2 Å². The van der Waals surface area contributed by atoms with E-state index in [1.807, 2.05) is 6.92 Å². The Kier molecular flexibility index (Phi) is 4.35. The minimum atomic E-state index is -1.99. The number of urea groups is 1. The maximum Gasteiger partial charge on any atom is 0.348 e. The number of anilines is 1. The highest BCUT2D eigenvalue weighted by Crippen LogP contribution is 2.35. The lowest BCUT2D eigenvalue weighted by molar-refractivity contribution is -0.166. The molecule has 2 amide bonds. The van der Waals surface area contributed by atoms with Crippen molar-refractivity contribution in [1.82, 2.24) is 5.32 Å². The molecule has 118 valence electrons. The van der Waals surface area contributed by atoms with Crippen LogP contribution in [0, 0.1) is 6.92 Å². The topological polar surface area (TPSA) is 93.7 Å². The molecule has 1 aromatic rings. The minimum absolute atomic E-state index is 0.0738. The zero-order chi connectivity index (χ0) is 16.3. The molecule has 1 heterocycles. The van der Waals surface area contributed by atoms with Crippen molar-refractivity contribution in [2.45, 2.75) is 26.3 Å². The first-order valence-electron chi connectivity index (χ1n) is 7.00. The van der Waals surface area contributed by atoms with Gasteiger partial charge in [0, 0.05) is 11.3 Å². The lowest BCUT2D eigenvalue weighted by Crippen LogP contribution is -2.62. The van der Waals surface area contributed by atoms with Gasteiger partial charge in [-0.25, -0.2) is 14.4 Å². The molecule has 0 spiro atoms. The number of benzene rings is 1. The number of rotatable bonds is 4. The van der Waals surface area contributed by atoms with Crippen molar-refractivity contribution >= 4 is 23.7 Å². The summed E-state index contributed by atoms with van der Waals surface area (Å²) in [5.74, 6) is -1.73. The van der Waals surface area contributed by atoms with Gasteiger partial charge < -0.3 is 20.1 Å². The molecule has 22 heavy (non-hydrogen) atoms. The summed E-state index contributed by atoms with van der Waals surface area (Å²) in [4.78, 5) is 36.9. The lowest BCUT2D eigenvalue weighted by Gasteiger charge is -2.35. The first-order chi connectivity index (χ1) is 10.5. The van der Waals surface area contributed by atoms with Crippen LogP contribution in [0.4, 0.5) is 10.5 Å². The molecule has 1 aliphatic rings. The summed E-state index contributed by atoms with van der Waals surface area (Å²) in [5, 5.41) is 4.95. The predicted molar refractivity (Wildman–Crippen MR) is 78.3 cm³/mol. The fourth-order valence-corrected chi connectivity index (χ4v) is 2.35. The number of amides is 2. The molecule has 0 unspecified atom stereocenters. The standard InChI is InChI=1S/C15H18N2O5/c1-4-21-12(18)15(13(19)22-5-2)10-8-9(3)6-7-11(10)16-14(20)17-15/h6-8H,4-5H2,1-3H3,(H2,16,17,20). The largest absolute Gasteiger partial charge is 0.464 e. The number of carbonyl (C=O) groups is 3. The Morgan fingerprint density at radius 3 is 2.27 bits per heavy atom. The van der Waals surface area contributed by atoms with E-state index in [9.17, 15) is 14.4 Å². The van der Waals surface area contributed by atoms with Crippen molar-refractivity contribution in [2.24, 2.45) is 0 Å². The maximum atomic E-state index is 12.5. The number of fused-ring (bicyclic) bond motifs is 1. The van der Waals surface area contributed by atoms with Crippen LogP contribution in [0.3, 0.4) is 0 Å². The first-order valence-corrected chi connectivity index (χ1v) is 7.00. The van der Waals surface area contributed by atoms with Gasteiger partial charge in [0.15, 0.2) is 0 Å². The van der Waals surface area contributed by atoms with Crippen LogP contribution in [0.1, 0.15) is 25.0 Å². The third-order valence-corrected chi connectivity index (χ3v) is 3.29. The molecule has 0 atom stereocenters. The van der Waals surface area contributed by atoms with Crippen LogP contribution in [0.2, 0.25) is 0 Å². The summed E-state index contributed by atoms with van der Waals surface area (Å²) in [6.45, 7) is 5.21. The molecule has 7 heteroatoms. The highest BCUT2D eigenvalue weighted by molar-refractivity contribution is 6.13. The summed E-state index contributed by atoms with van der Waals surface area (Å²) in [7, 11) is 0. The van der Waals surface area contributed by atoms with Gasteiger partial charge >= 0.3 is 18.0 Å². The van der Waals surface area contributed by atoms with Gasteiger partial charge in [-0.05, 0) is 26.8 Å². The van der Waals surface area contributed by atoms with Gasteiger partial charge in [-0.15, -0.1) is 0 Å². The number of ether oxygens (including phenoxy) is 2. The fourth-order valence-electron chi connectivity index (χ4n) is 2.35. The number of carbonyl (C=O) groups excluding carboxylic acids is 3. The van der Waals surface area contributed by atoms with Gasteiger partial charge in [0.1, 0.15) is 0 Å². The third-order valence-electron chi connectivity index (χ3n) is 3.29. The first kappa shape index (κ1) is 15.8. The fraction of sp³-hybridized carbons (Fsp3) is 0.400. The van der Waals surface area contributed by atoms with E-state index in [4.69, 9.17) is 9.47 Å². The Hall–Kier alpha value is -2.57. The molecule has 0 saturated carbocycles. The average molecular weight is 306 g/mol. The second-order valence-electron chi connectivity index (χ2n) is 4.82. The molecule has 0 saturated heterocycles. The smallest absolute Gasteiger partial charge is 0.348 e. The molecular formula is C15H18N2O5. The van der Waals surface area contributed by atoms with Gasteiger partial charge in [0.25, 0.3) is 5.54 Å². The number of esters is 2. The zero-order valence-electron chi connectivity index (χ0n) is 12.7. The molecule has 1 aliphatic heterocycles. The van der Waals surface area contributed by atoms with E-state index in [1.54, 1.807) is 32.0 Å². The van der Waals surface area contributed by atoms with Crippen LogP contribution in [0.25, 0.3) is 0 Å². The number of nitrogens with one attached hydrogen (secondary N) is 2. The van der Waals surface area contributed by atoms with Crippen molar-refractivity contribution in [3.63, 3.8) is 0 Å². The van der Waals surface area contributed by atoms with Gasteiger partial charge in [0.2, 0.25) is 0 Å². The highest BCUT2D eigenvalue weighted by atomic mass is 16.6. The van der Waals surface area contributed by atoms with Crippen LogP contribution in [-0.4, -0.2) is 31.2 Å². The van der Waals surface area contributed by atoms with Crippen molar-refractivity contribution in [3.8, 4) is 0 Å². The minimum Gasteiger partial charge on any atom is -0.464 e. The summed E-state index contributed by atoms with van der Waals surface area (Å²) < 4.78 is 10.0. The van der Waals surface area contributed by atoms with Crippen molar-refractivity contribution in [1.29, 1.82) is 0 Å². The van der Waals surface area contributed by atoms with Crippen molar-refractivity contribution in [2.75, 3.05) is 18.5 Å². The van der Waals surface area contributed by atoms with Gasteiger partial charge in [-0.3, -0.25) is 0 Å². The van der Waals surface area contributed by atoms with Crippen LogP contribution >= 0.6 is 0 Å². The molecule has 0 radical (unpaired) electrons. The van der Waals surface area contributed by atoms with E-state index in [0.717, 1.165) is 5.56 Å². The summed E-state index contributed by atoms with van der Waals surface area (Å²) >= 11 is 0. The zero-order valence-corrected chi connectivity index (χ0v) is 12.7. The van der Waals surface area contributed by atoms with Crippen molar-refractivity contribution in [3.05, 3.63) is 29.3 Å². The summed E-state index contributed by atoms with van der Waals surface area (Å²) in [6, 6.07) is 4.38. The van der Waals surface area contributed by atoms with E-state index >= 15 is 0 Å². The van der Waals surface area contributed by atoms with Crippen LogP contribution < -0.4 is 10.6 Å². The summed E-state index contributed by atoms with van der Waals surface area (Å²) in [5.41, 5.74) is -0.482. The average Bonchev–Trinajstić information content (AvgIpc) is 2.47. The predicted octanol–water partition coefficient (Wildman–Crippen LogP) is 1.45. The van der Waals surface area contributed by atoms with Gasteiger partial charge in [-0.1, -0.05) is 17.7 Å². The Morgan fingerprint density at radius 2 is 1.73 bits per heavy atom. The Morgan fingerprint density at radius 1 is 1.14 bits per heavy atom. The molecule has 2 rings (SSSR count). The number of hydrogen-bond acceptors (Lipinski definition) is 5. The molecule has 0 bridgehead atoms. The Bertz CT molecular complexity index is 608. The van der Waals surface area contributed by atoms with E-state index in [0.29, 0.717) is 11.3 Å². The molecule has 0 fully saturated rings. The normalized spacial score (nSPS) is 15.1. The third kappa shape index (κ3) is 2.49. The van der Waals surface area contributed by atoms with E-state index < -0.39 is 23.5 Å². The Labute approximate surface area is 128 Å². The number of hydrogen-bond donors (Lipinski definition) is 2. The second-order valence-corrected chi connectivity index (χ2v) is 4.82. The monoisotopic (exact) mass is 306 g/mol. The molecule has 0 aliphatic carbocycles. The van der Waals surface area contributed by atoms with Crippen molar-refractivity contribution < 1.29 is 23.9 Å². The van der Waals surface area contributed by atoms with Crippen LogP contribution in [0.5, 0.6) is 0 Å². The SMILES string of the molecule is CCOC(=O)C1(C(=O)OCC)NC(=O)Nc2ccc(C)cc21. The highest BCUT2D eigenvalue weighted by Gasteiger charge is 2.55. The van der Waals surface area contributed by atoms with E-state index in [-0.39, 0.29) is 13.2 Å². The molecule has 2 N–H and O–H groups in total. The van der Waals surface area contributed by atoms with E-state index in [1.165, 1.54) is 0 Å². The van der Waals surface area contributed by atoms with Gasteiger partial charge in [-0.2, -0.15) is 0 Å². The summed E-state index contributed by atoms with van der Waals surface area (Å²) in [6.07, 6.45) is 0. The van der Waals surface area contributed by atoms with E-state index in [2.05, 4.69) is 10.6 Å². The molecule has 7 nitrogen and oxygen atoms in total. The maximum absolute atomic E-state index is 12.5. The number of aryl methyl sites for hydroxylation is 1. The lowest BCUT2D eigenvalue weighted by atomic mass is 9.86. The molecular weight excluding hydrogens is 288 g/mol. The van der Waals surface area contributed by atoms with Crippen LogP contribution in [0.15, 0.2) is 18.2 Å². The quantitative estimate of drug-likeness (QED) is 0.648. The molecule has 0 aromatic heterocycles. The Balaban J connectivity index is 2.67. The van der Waals surface area contributed by atoms with Crippen LogP contribution in [-0.2, 0) is 24.6 Å².